The van der Waals surface area contributed by atoms with Crippen molar-refractivity contribution in [3.05, 3.63) is 64.4 Å². The second-order valence-corrected chi connectivity index (χ2v) is 6.72. The van der Waals surface area contributed by atoms with Gasteiger partial charge in [-0.25, -0.2) is 9.78 Å². The Hall–Kier alpha value is -2.60. The van der Waals surface area contributed by atoms with Gasteiger partial charge in [0.2, 0.25) is 0 Å². The molecule has 0 radical (unpaired) electrons. The zero-order valence-corrected chi connectivity index (χ0v) is 15.6. The molecule has 26 heavy (non-hydrogen) atoms. The number of hydrogen-bond acceptors (Lipinski definition) is 3. The molecule has 0 bridgehead atoms. The van der Waals surface area contributed by atoms with E-state index in [2.05, 4.69) is 20.9 Å². The monoisotopic (exact) mass is 374 g/mol. The molecule has 0 atom stereocenters. The van der Waals surface area contributed by atoms with E-state index in [0.717, 1.165) is 11.1 Å². The number of benzene rings is 1. The van der Waals surface area contributed by atoms with Gasteiger partial charge in [0, 0.05) is 25.8 Å². The molecule has 0 saturated carbocycles. The third-order valence-electron chi connectivity index (χ3n) is 3.56. The number of halogens is 1. The van der Waals surface area contributed by atoms with Gasteiger partial charge in [0.25, 0.3) is 5.91 Å². The summed E-state index contributed by atoms with van der Waals surface area (Å²) in [5.74, 6) is 0.189. The van der Waals surface area contributed by atoms with Crippen molar-refractivity contribution in [2.75, 3.05) is 6.54 Å². The van der Waals surface area contributed by atoms with E-state index >= 15 is 0 Å². The molecule has 0 aliphatic rings. The van der Waals surface area contributed by atoms with Crippen LogP contribution in [0.1, 0.15) is 35.3 Å². The number of amides is 3. The Labute approximate surface area is 158 Å². The van der Waals surface area contributed by atoms with Crippen molar-refractivity contribution in [3.63, 3.8) is 0 Å². The van der Waals surface area contributed by atoms with Crippen LogP contribution in [0.2, 0.25) is 5.15 Å². The van der Waals surface area contributed by atoms with Gasteiger partial charge < -0.3 is 16.0 Å². The van der Waals surface area contributed by atoms with Gasteiger partial charge >= 0.3 is 6.03 Å². The zero-order chi connectivity index (χ0) is 18.9. The summed E-state index contributed by atoms with van der Waals surface area (Å²) < 4.78 is 0. The van der Waals surface area contributed by atoms with E-state index < -0.39 is 0 Å². The highest BCUT2D eigenvalue weighted by molar-refractivity contribution is 6.29. The van der Waals surface area contributed by atoms with Crippen molar-refractivity contribution in [1.29, 1.82) is 0 Å². The quantitative estimate of drug-likeness (QED) is 0.651. The standard InChI is InChI=1S/C19H23ClN4O2/c1-13(2)9-23-19(26)24-11-15-5-3-4-14(8-15)10-22-18(25)16-6-7-17(20)21-12-16/h3-8,12-13H,9-11H2,1-2H3,(H,22,25)(H2,23,24,26). The smallest absolute Gasteiger partial charge is 0.315 e. The third-order valence-corrected chi connectivity index (χ3v) is 3.78. The van der Waals surface area contributed by atoms with Crippen LogP contribution in [-0.4, -0.2) is 23.5 Å². The van der Waals surface area contributed by atoms with E-state index in [1.807, 2.05) is 38.1 Å². The second kappa shape index (κ2) is 9.77. The maximum absolute atomic E-state index is 12.1. The van der Waals surface area contributed by atoms with Crippen LogP contribution in [0.3, 0.4) is 0 Å². The SMILES string of the molecule is CC(C)CNC(=O)NCc1cccc(CNC(=O)c2ccc(Cl)nc2)c1. The minimum absolute atomic E-state index is 0.187. The molecule has 2 rings (SSSR count). The molecule has 0 spiro atoms. The average molecular weight is 375 g/mol. The molecular formula is C19H23ClN4O2. The van der Waals surface area contributed by atoms with E-state index in [0.29, 0.717) is 36.3 Å². The molecule has 0 aliphatic carbocycles. The highest BCUT2D eigenvalue weighted by atomic mass is 35.5. The fourth-order valence-corrected chi connectivity index (χ4v) is 2.30. The minimum Gasteiger partial charge on any atom is -0.348 e. The number of carbonyl (C=O) groups excluding carboxylic acids is 2. The van der Waals surface area contributed by atoms with Gasteiger partial charge in [-0.15, -0.1) is 0 Å². The van der Waals surface area contributed by atoms with Gasteiger partial charge in [-0.2, -0.15) is 0 Å². The fraction of sp³-hybridized carbons (Fsp3) is 0.316. The lowest BCUT2D eigenvalue weighted by atomic mass is 10.1. The van der Waals surface area contributed by atoms with Crippen LogP contribution in [0.15, 0.2) is 42.6 Å². The lowest BCUT2D eigenvalue weighted by Crippen LogP contribution is -2.37. The molecule has 1 aromatic heterocycles. The molecule has 0 saturated heterocycles. The van der Waals surface area contributed by atoms with Crippen molar-refractivity contribution >= 4 is 23.5 Å². The Morgan fingerprint density at radius 2 is 1.73 bits per heavy atom. The first-order valence-corrected chi connectivity index (χ1v) is 8.81. The average Bonchev–Trinajstić information content (AvgIpc) is 2.63. The summed E-state index contributed by atoms with van der Waals surface area (Å²) in [6.45, 7) is 5.52. The second-order valence-electron chi connectivity index (χ2n) is 6.33. The van der Waals surface area contributed by atoms with Crippen LogP contribution in [-0.2, 0) is 13.1 Å². The first-order chi connectivity index (χ1) is 12.4. The number of aromatic nitrogens is 1. The molecule has 2 aromatic rings. The van der Waals surface area contributed by atoms with Gasteiger partial charge in [0.05, 0.1) is 5.56 Å². The summed E-state index contributed by atoms with van der Waals surface area (Å²) in [4.78, 5) is 27.7. The predicted molar refractivity (Wildman–Crippen MR) is 102 cm³/mol. The first kappa shape index (κ1) is 19.7. The Bertz CT molecular complexity index is 747. The van der Waals surface area contributed by atoms with E-state index in [1.54, 1.807) is 12.1 Å². The summed E-state index contributed by atoms with van der Waals surface area (Å²) in [5.41, 5.74) is 2.36. The Morgan fingerprint density at radius 1 is 1.04 bits per heavy atom. The fourth-order valence-electron chi connectivity index (χ4n) is 2.19. The van der Waals surface area contributed by atoms with Gasteiger partial charge in [-0.05, 0) is 29.2 Å². The molecule has 1 heterocycles. The van der Waals surface area contributed by atoms with E-state index in [-0.39, 0.29) is 11.9 Å². The molecule has 3 N–H and O–H groups in total. The minimum atomic E-state index is -0.217. The number of nitrogens with zero attached hydrogens (tertiary/aromatic N) is 1. The Kier molecular flexibility index (Phi) is 7.41. The van der Waals surface area contributed by atoms with E-state index in [9.17, 15) is 9.59 Å². The van der Waals surface area contributed by atoms with Crippen molar-refractivity contribution in [3.8, 4) is 0 Å². The molecule has 138 valence electrons. The topological polar surface area (TPSA) is 83.1 Å². The highest BCUT2D eigenvalue weighted by Crippen LogP contribution is 2.07. The summed E-state index contributed by atoms with van der Waals surface area (Å²) in [7, 11) is 0. The Balaban J connectivity index is 1.83. The molecule has 6 nitrogen and oxygen atoms in total. The van der Waals surface area contributed by atoms with Crippen LogP contribution < -0.4 is 16.0 Å². The van der Waals surface area contributed by atoms with Gasteiger partial charge in [0.1, 0.15) is 5.15 Å². The number of urea groups is 1. The van der Waals surface area contributed by atoms with Crippen LogP contribution in [0.25, 0.3) is 0 Å². The van der Waals surface area contributed by atoms with Gasteiger partial charge in [-0.1, -0.05) is 49.7 Å². The molecule has 3 amide bonds. The lowest BCUT2D eigenvalue weighted by molar-refractivity contribution is 0.0950. The largest absolute Gasteiger partial charge is 0.348 e. The van der Waals surface area contributed by atoms with Gasteiger partial charge in [0.15, 0.2) is 0 Å². The van der Waals surface area contributed by atoms with Crippen LogP contribution in [0.4, 0.5) is 4.79 Å². The van der Waals surface area contributed by atoms with Crippen LogP contribution in [0, 0.1) is 5.92 Å². The molecule has 1 aromatic carbocycles. The number of hydrogen-bond donors (Lipinski definition) is 3. The molecule has 0 unspecified atom stereocenters. The molecule has 7 heteroatoms. The summed E-state index contributed by atoms with van der Waals surface area (Å²) in [6.07, 6.45) is 1.44. The summed E-state index contributed by atoms with van der Waals surface area (Å²) in [6, 6.07) is 10.7. The number of nitrogens with one attached hydrogen (secondary N) is 3. The van der Waals surface area contributed by atoms with E-state index in [1.165, 1.54) is 6.20 Å². The highest BCUT2D eigenvalue weighted by Gasteiger charge is 2.06. The molecule has 0 aliphatic heterocycles. The van der Waals surface area contributed by atoms with Crippen LogP contribution in [0.5, 0.6) is 0 Å². The first-order valence-electron chi connectivity index (χ1n) is 8.43. The maximum Gasteiger partial charge on any atom is 0.315 e. The van der Waals surface area contributed by atoms with Crippen molar-refractivity contribution in [2.45, 2.75) is 26.9 Å². The zero-order valence-electron chi connectivity index (χ0n) is 14.9. The van der Waals surface area contributed by atoms with Crippen LogP contribution >= 0.6 is 11.6 Å². The Morgan fingerprint density at radius 3 is 2.35 bits per heavy atom. The van der Waals surface area contributed by atoms with E-state index in [4.69, 9.17) is 11.6 Å². The van der Waals surface area contributed by atoms with Crippen molar-refractivity contribution in [1.82, 2.24) is 20.9 Å². The van der Waals surface area contributed by atoms with Crippen molar-refractivity contribution < 1.29 is 9.59 Å². The molecular weight excluding hydrogens is 352 g/mol. The number of carbonyl (C=O) groups is 2. The van der Waals surface area contributed by atoms with Crippen molar-refractivity contribution in [2.24, 2.45) is 5.92 Å². The predicted octanol–water partition coefficient (Wildman–Crippen LogP) is 3.12. The lowest BCUT2D eigenvalue weighted by Gasteiger charge is -2.10. The normalized spacial score (nSPS) is 10.5. The number of pyridine rings is 1. The summed E-state index contributed by atoms with van der Waals surface area (Å²) >= 11 is 5.72. The molecule has 0 fully saturated rings. The van der Waals surface area contributed by atoms with Gasteiger partial charge in [-0.3, -0.25) is 4.79 Å². The summed E-state index contributed by atoms with van der Waals surface area (Å²) in [5, 5.41) is 8.81. The number of rotatable bonds is 7. The third kappa shape index (κ3) is 6.72. The maximum atomic E-state index is 12.1.